The molecule has 3 rings (SSSR count). The van der Waals surface area contributed by atoms with E-state index < -0.39 is 17.0 Å². The molecule has 2 aliphatic carbocycles. The monoisotopic (exact) mass is 224 g/mol. The van der Waals surface area contributed by atoms with Crippen LogP contribution >= 0.6 is 0 Å². The van der Waals surface area contributed by atoms with Crippen LogP contribution < -0.4 is 0 Å². The Bertz CT molecular complexity index is 354. The quantitative estimate of drug-likeness (QED) is 0.725. The van der Waals surface area contributed by atoms with Crippen molar-refractivity contribution in [2.24, 2.45) is 11.3 Å². The fourth-order valence-corrected chi connectivity index (χ4v) is 3.27. The molecule has 4 heteroatoms. The smallest absolute Gasteiger partial charge is 0.348 e. The Hall–Kier alpha value is -1.06. The molecule has 0 amide bonds. The van der Waals surface area contributed by atoms with E-state index in [0.717, 1.165) is 38.5 Å². The molecule has 16 heavy (non-hydrogen) atoms. The number of hydrogen-bond donors (Lipinski definition) is 1. The largest absolute Gasteiger partial charge is 0.478 e. The summed E-state index contributed by atoms with van der Waals surface area (Å²) in [5.74, 6) is -1.14. The highest BCUT2D eigenvalue weighted by molar-refractivity contribution is 5.90. The molecule has 1 N–H and O–H groups in total. The zero-order chi connectivity index (χ0) is 11.4. The minimum Gasteiger partial charge on any atom is -0.478 e. The van der Waals surface area contributed by atoms with Crippen molar-refractivity contribution in [3.05, 3.63) is 0 Å². The average molecular weight is 224 g/mol. The molecule has 0 aromatic rings. The maximum absolute atomic E-state index is 11.9. The SMILES string of the molecule is O=C1OC(C(=O)O)(C2CCC2)CC12CCC2. The van der Waals surface area contributed by atoms with Crippen LogP contribution in [0.3, 0.4) is 0 Å². The summed E-state index contributed by atoms with van der Waals surface area (Å²) >= 11 is 0. The summed E-state index contributed by atoms with van der Waals surface area (Å²) < 4.78 is 5.33. The zero-order valence-electron chi connectivity index (χ0n) is 9.20. The second-order valence-electron chi connectivity index (χ2n) is 5.52. The van der Waals surface area contributed by atoms with E-state index in [1.165, 1.54) is 0 Å². The van der Waals surface area contributed by atoms with Crippen LogP contribution in [0.1, 0.15) is 44.9 Å². The van der Waals surface area contributed by atoms with Gasteiger partial charge in [0.15, 0.2) is 0 Å². The normalized spacial score (nSPS) is 36.6. The van der Waals surface area contributed by atoms with Gasteiger partial charge in [0.1, 0.15) is 0 Å². The summed E-state index contributed by atoms with van der Waals surface area (Å²) in [6, 6.07) is 0. The Morgan fingerprint density at radius 3 is 2.31 bits per heavy atom. The van der Waals surface area contributed by atoms with E-state index in [0.29, 0.717) is 6.42 Å². The van der Waals surface area contributed by atoms with E-state index in [-0.39, 0.29) is 11.9 Å². The second kappa shape index (κ2) is 2.99. The lowest BCUT2D eigenvalue weighted by Gasteiger charge is -2.39. The summed E-state index contributed by atoms with van der Waals surface area (Å²) in [5, 5.41) is 9.39. The Morgan fingerprint density at radius 2 is 2.00 bits per heavy atom. The van der Waals surface area contributed by atoms with E-state index in [1.807, 2.05) is 0 Å². The molecule has 4 nitrogen and oxygen atoms in total. The average Bonchev–Trinajstić information content (AvgIpc) is 2.36. The molecule has 0 aromatic carbocycles. The number of aliphatic carboxylic acids is 1. The van der Waals surface area contributed by atoms with Crippen molar-refractivity contribution >= 4 is 11.9 Å². The first-order valence-corrected chi connectivity index (χ1v) is 6.06. The first-order valence-electron chi connectivity index (χ1n) is 6.06. The summed E-state index contributed by atoms with van der Waals surface area (Å²) in [6.07, 6.45) is 5.89. The first-order chi connectivity index (χ1) is 7.59. The molecule has 0 bridgehead atoms. The molecular weight excluding hydrogens is 208 g/mol. The van der Waals surface area contributed by atoms with Crippen molar-refractivity contribution in [1.82, 2.24) is 0 Å². The van der Waals surface area contributed by atoms with Crippen LogP contribution in [0, 0.1) is 11.3 Å². The molecule has 3 fully saturated rings. The van der Waals surface area contributed by atoms with E-state index in [9.17, 15) is 14.7 Å². The third-order valence-electron chi connectivity index (χ3n) is 4.75. The van der Waals surface area contributed by atoms with Gasteiger partial charge in [0.2, 0.25) is 5.60 Å². The van der Waals surface area contributed by atoms with Gasteiger partial charge in [-0.1, -0.05) is 12.8 Å². The number of esters is 1. The van der Waals surface area contributed by atoms with Gasteiger partial charge in [-0.15, -0.1) is 0 Å². The molecule has 1 aliphatic heterocycles. The summed E-state index contributed by atoms with van der Waals surface area (Å²) in [5.41, 5.74) is -1.62. The number of ether oxygens (including phenoxy) is 1. The molecule has 1 atom stereocenters. The summed E-state index contributed by atoms with van der Waals surface area (Å²) in [7, 11) is 0. The van der Waals surface area contributed by atoms with Crippen molar-refractivity contribution in [1.29, 1.82) is 0 Å². The zero-order valence-corrected chi connectivity index (χ0v) is 9.20. The van der Waals surface area contributed by atoms with Crippen LogP contribution in [0.25, 0.3) is 0 Å². The van der Waals surface area contributed by atoms with Gasteiger partial charge in [0.25, 0.3) is 0 Å². The third-order valence-corrected chi connectivity index (χ3v) is 4.75. The first kappa shape index (κ1) is 10.1. The van der Waals surface area contributed by atoms with E-state index >= 15 is 0 Å². The van der Waals surface area contributed by atoms with E-state index in [1.54, 1.807) is 0 Å². The maximum atomic E-state index is 11.9. The van der Waals surface area contributed by atoms with Crippen molar-refractivity contribution in [2.45, 2.75) is 50.5 Å². The number of carboxylic acids is 1. The van der Waals surface area contributed by atoms with Crippen LogP contribution in [0.2, 0.25) is 0 Å². The topological polar surface area (TPSA) is 63.6 Å². The molecule has 2 saturated carbocycles. The standard InChI is InChI=1S/C12H16O4/c13-9(14)12(8-3-1-4-8)7-11(5-2-6-11)10(15)16-12/h8H,1-7H2,(H,13,14). The number of rotatable bonds is 2. The number of carboxylic acid groups (broad SMARTS) is 1. The highest BCUT2D eigenvalue weighted by atomic mass is 16.6. The van der Waals surface area contributed by atoms with Crippen LogP contribution in [-0.2, 0) is 14.3 Å². The molecule has 1 unspecified atom stereocenters. The maximum Gasteiger partial charge on any atom is 0.348 e. The van der Waals surface area contributed by atoms with Gasteiger partial charge in [-0.3, -0.25) is 4.79 Å². The number of carbonyl (C=O) groups is 2. The lowest BCUT2D eigenvalue weighted by atomic mass is 9.61. The van der Waals surface area contributed by atoms with Gasteiger partial charge in [-0.25, -0.2) is 4.79 Å². The fourth-order valence-electron chi connectivity index (χ4n) is 3.27. The van der Waals surface area contributed by atoms with Gasteiger partial charge in [-0.2, -0.15) is 0 Å². The molecule has 1 spiro atoms. The molecule has 1 heterocycles. The number of hydrogen-bond acceptors (Lipinski definition) is 3. The molecule has 0 aromatic heterocycles. The Morgan fingerprint density at radius 1 is 1.31 bits per heavy atom. The molecule has 0 radical (unpaired) electrons. The summed E-state index contributed by atoms with van der Waals surface area (Å²) in [4.78, 5) is 23.3. The fraction of sp³-hybridized carbons (Fsp3) is 0.833. The number of carbonyl (C=O) groups excluding carboxylic acids is 1. The summed E-state index contributed by atoms with van der Waals surface area (Å²) in [6.45, 7) is 0. The van der Waals surface area contributed by atoms with Crippen LogP contribution in [-0.4, -0.2) is 22.6 Å². The predicted molar refractivity (Wildman–Crippen MR) is 54.7 cm³/mol. The van der Waals surface area contributed by atoms with Crippen LogP contribution in [0.5, 0.6) is 0 Å². The van der Waals surface area contributed by atoms with Crippen LogP contribution in [0.4, 0.5) is 0 Å². The third kappa shape index (κ3) is 1.05. The molecule has 1 saturated heterocycles. The van der Waals surface area contributed by atoms with Gasteiger partial charge in [0.05, 0.1) is 5.41 Å². The van der Waals surface area contributed by atoms with Gasteiger partial charge >= 0.3 is 11.9 Å². The Labute approximate surface area is 94.0 Å². The second-order valence-corrected chi connectivity index (χ2v) is 5.52. The minimum absolute atomic E-state index is 0.0499. The minimum atomic E-state index is -1.18. The van der Waals surface area contributed by atoms with Gasteiger partial charge in [0, 0.05) is 12.3 Å². The van der Waals surface area contributed by atoms with Crippen molar-refractivity contribution in [3.8, 4) is 0 Å². The van der Waals surface area contributed by atoms with Gasteiger partial charge in [-0.05, 0) is 25.7 Å². The van der Waals surface area contributed by atoms with Crippen LogP contribution in [0.15, 0.2) is 0 Å². The number of cyclic esters (lactones) is 1. The molecular formula is C12H16O4. The Kier molecular flexibility index (Phi) is 1.89. The Balaban J connectivity index is 1.91. The highest BCUT2D eigenvalue weighted by Gasteiger charge is 2.66. The predicted octanol–water partition coefficient (Wildman–Crippen LogP) is 1.73. The molecule has 3 aliphatic rings. The lowest BCUT2D eigenvalue weighted by Crippen LogP contribution is -2.49. The highest BCUT2D eigenvalue weighted by Crippen LogP contribution is 2.58. The van der Waals surface area contributed by atoms with E-state index in [4.69, 9.17) is 4.74 Å². The van der Waals surface area contributed by atoms with Gasteiger partial charge < -0.3 is 9.84 Å². The van der Waals surface area contributed by atoms with E-state index in [2.05, 4.69) is 0 Å². The van der Waals surface area contributed by atoms with Crippen molar-refractivity contribution < 1.29 is 19.4 Å². The lowest BCUT2D eigenvalue weighted by molar-refractivity contribution is -0.180. The molecule has 88 valence electrons. The van der Waals surface area contributed by atoms with Crippen molar-refractivity contribution in [3.63, 3.8) is 0 Å². The van der Waals surface area contributed by atoms with Crippen molar-refractivity contribution in [2.75, 3.05) is 0 Å².